The highest BCUT2D eigenvalue weighted by Crippen LogP contribution is 2.51. The molecule has 1 nitrogen and oxygen atoms in total. The molecule has 0 bridgehead atoms. The van der Waals surface area contributed by atoms with Crippen molar-refractivity contribution in [1.29, 1.82) is 0 Å². The summed E-state index contributed by atoms with van der Waals surface area (Å²) >= 11 is 0. The van der Waals surface area contributed by atoms with Crippen LogP contribution < -0.4 is 0 Å². The molecule has 9 aromatic carbocycles. The molecular weight excluding hydrogens is 617 g/mol. The van der Waals surface area contributed by atoms with Crippen LogP contribution in [0.2, 0.25) is 0 Å². The Morgan fingerprint density at radius 1 is 0.294 bits per heavy atom. The quantitative estimate of drug-likeness (QED) is 0.165. The molecule has 0 aliphatic carbocycles. The fourth-order valence-corrected chi connectivity index (χ4v) is 6.08. The minimum Gasteiger partial charge on any atom is -0.456 e. The van der Waals surface area contributed by atoms with Gasteiger partial charge in [0.25, 0.3) is 0 Å². The van der Waals surface area contributed by atoms with Crippen molar-refractivity contribution in [3.05, 3.63) is 193 Å². The molecule has 0 atom stereocenters. The van der Waals surface area contributed by atoms with Gasteiger partial charge in [-0.15, -0.1) is 0 Å². The van der Waals surface area contributed by atoms with Gasteiger partial charge < -0.3 is 4.42 Å². The molecule has 0 saturated carbocycles. The molecule has 1 aromatic heterocycles. The minimum atomic E-state index is -1.31. The van der Waals surface area contributed by atoms with Gasteiger partial charge in [-0.3, -0.25) is 0 Å². The van der Waals surface area contributed by atoms with E-state index in [9.17, 15) is 15.1 Å². The topological polar surface area (TPSA) is 13.1 Å². The lowest BCUT2D eigenvalue weighted by Gasteiger charge is -2.23. The molecule has 0 N–H and O–H groups in total. The zero-order valence-corrected chi connectivity index (χ0v) is 25.4. The molecule has 0 radical (unpaired) electrons. The van der Waals surface area contributed by atoms with Crippen LogP contribution in [0.5, 0.6) is 0 Å². The molecule has 0 spiro atoms. The molecule has 0 aliphatic heterocycles. The van der Waals surface area contributed by atoms with Crippen LogP contribution in [0.3, 0.4) is 0 Å². The molecule has 238 valence electrons. The van der Waals surface area contributed by atoms with Crippen LogP contribution in [-0.4, -0.2) is 0 Å². The zero-order valence-electron chi connectivity index (χ0n) is 57.4. The van der Waals surface area contributed by atoms with Gasteiger partial charge >= 0.3 is 0 Å². The summed E-state index contributed by atoms with van der Waals surface area (Å²) in [5, 5.41) is -5.07. The van der Waals surface area contributed by atoms with Gasteiger partial charge in [0.2, 0.25) is 0 Å². The third kappa shape index (κ3) is 4.78. The molecule has 0 saturated heterocycles. The Morgan fingerprint density at radius 2 is 0.725 bits per heavy atom. The molecule has 0 fully saturated rings. The summed E-state index contributed by atoms with van der Waals surface area (Å²) in [5.41, 5.74) is -11.8. The highest BCUT2D eigenvalue weighted by atomic mass is 16.3. The van der Waals surface area contributed by atoms with Gasteiger partial charge in [-0.25, -0.2) is 0 Å². The van der Waals surface area contributed by atoms with Gasteiger partial charge in [0, 0.05) is 10.8 Å². The second-order valence-corrected chi connectivity index (χ2v) is 10.8. The summed E-state index contributed by atoms with van der Waals surface area (Å²) in [7, 11) is 0. The van der Waals surface area contributed by atoms with Gasteiger partial charge in [0.05, 0.1) is 43.9 Å². The standard InChI is InChI=1S/C50H32O/c1-4-17-33(18-5-1)43-31-36(37-28-16-30-46-48(37)42-27-14-15-29-45(42)51-46)32-44(34-19-6-2-7-20-34)50(43)49-40-25-12-10-23-38(40)47(35-21-8-3-9-22-35)39-24-11-13-26-41(39)49/h1-32H/i1D,2D,3D,4D,5D,6D,7D,8D,9D,10D,11D,12D,13D,14D,15D,16D,17D,18D,19D,20D,21D,22D,23D,24D,25D,26D,27D,28D,29D,30D,31D,32D. The number of benzene rings is 9. The van der Waals surface area contributed by atoms with E-state index in [-0.39, 0.29) is 0 Å². The molecule has 1 heteroatoms. The van der Waals surface area contributed by atoms with Crippen LogP contribution in [0.4, 0.5) is 0 Å². The van der Waals surface area contributed by atoms with E-state index in [1.165, 1.54) is 0 Å². The maximum absolute atomic E-state index is 10.5. The van der Waals surface area contributed by atoms with E-state index in [1.807, 2.05) is 0 Å². The van der Waals surface area contributed by atoms with Gasteiger partial charge in [0.15, 0.2) is 0 Å². The Hall–Kier alpha value is -6.70. The Bertz CT molecular complexity index is 4490. The first-order chi connectivity index (χ1) is 38.6. The van der Waals surface area contributed by atoms with Gasteiger partial charge in [-0.1, -0.05) is 169 Å². The fraction of sp³-hybridized carbons (Fsp3) is 0. The molecule has 51 heavy (non-hydrogen) atoms. The molecule has 0 amide bonds. The predicted molar refractivity (Wildman–Crippen MR) is 216 cm³/mol. The number of furan rings is 1. The van der Waals surface area contributed by atoms with Crippen molar-refractivity contribution < 1.29 is 48.3 Å². The first-order valence-electron chi connectivity index (χ1n) is 30.9. The normalized spacial score (nSPS) is 20.3. The summed E-state index contributed by atoms with van der Waals surface area (Å²) in [5.74, 6) is 0. The average molecular weight is 681 g/mol. The van der Waals surface area contributed by atoms with E-state index in [1.54, 1.807) is 0 Å². The number of hydrogen-bond donors (Lipinski definition) is 0. The van der Waals surface area contributed by atoms with Crippen molar-refractivity contribution in [2.24, 2.45) is 0 Å². The largest absolute Gasteiger partial charge is 0.456 e. The van der Waals surface area contributed by atoms with E-state index in [4.69, 9.17) is 33.2 Å². The molecule has 0 aliphatic rings. The highest BCUT2D eigenvalue weighted by molar-refractivity contribution is 6.24. The summed E-state index contributed by atoms with van der Waals surface area (Å²) in [6.07, 6.45) is 0. The smallest absolute Gasteiger partial charge is 0.136 e. The Balaban J connectivity index is 1.69. The fourth-order valence-electron chi connectivity index (χ4n) is 6.08. The van der Waals surface area contributed by atoms with Crippen LogP contribution in [0, 0.1) is 0 Å². The van der Waals surface area contributed by atoms with Crippen molar-refractivity contribution in [3.8, 4) is 55.6 Å². The van der Waals surface area contributed by atoms with Crippen LogP contribution >= 0.6 is 0 Å². The summed E-state index contributed by atoms with van der Waals surface area (Å²) in [6, 6.07) is -35.3. The van der Waals surface area contributed by atoms with Crippen LogP contribution in [0.25, 0.3) is 99.1 Å². The first kappa shape index (κ1) is 11.4. The third-order valence-corrected chi connectivity index (χ3v) is 8.07. The van der Waals surface area contributed by atoms with E-state index >= 15 is 0 Å². The van der Waals surface area contributed by atoms with Gasteiger partial charge in [-0.05, 0) is 101 Å². The predicted octanol–water partition coefficient (Wildman–Crippen LogP) is 14.2. The van der Waals surface area contributed by atoms with E-state index in [0.29, 0.717) is 0 Å². The van der Waals surface area contributed by atoms with Crippen molar-refractivity contribution in [2.45, 2.75) is 0 Å². The monoisotopic (exact) mass is 680 g/mol. The third-order valence-electron chi connectivity index (χ3n) is 8.07. The molecule has 10 rings (SSSR count). The van der Waals surface area contributed by atoms with Gasteiger partial charge in [-0.2, -0.15) is 0 Å². The van der Waals surface area contributed by atoms with Crippen molar-refractivity contribution in [1.82, 2.24) is 0 Å². The van der Waals surface area contributed by atoms with Crippen molar-refractivity contribution in [2.75, 3.05) is 0 Å². The molecule has 1 heterocycles. The Kier molecular flexibility index (Phi) is 2.69. The summed E-state index contributed by atoms with van der Waals surface area (Å²) in [6.45, 7) is 0. The van der Waals surface area contributed by atoms with E-state index in [0.717, 1.165) is 0 Å². The molecule has 0 unspecified atom stereocenters. The summed E-state index contributed by atoms with van der Waals surface area (Å²) in [4.78, 5) is 0. The summed E-state index contributed by atoms with van der Waals surface area (Å²) < 4.78 is 299. The van der Waals surface area contributed by atoms with E-state index in [2.05, 4.69) is 0 Å². The number of rotatable bonds is 5. The van der Waals surface area contributed by atoms with Crippen LogP contribution in [0.15, 0.2) is 198 Å². The maximum Gasteiger partial charge on any atom is 0.136 e. The van der Waals surface area contributed by atoms with Gasteiger partial charge in [0.1, 0.15) is 11.2 Å². The Labute approximate surface area is 341 Å². The lowest BCUT2D eigenvalue weighted by Crippen LogP contribution is -1.96. The van der Waals surface area contributed by atoms with E-state index < -0.39 is 292 Å². The van der Waals surface area contributed by atoms with Crippen molar-refractivity contribution in [3.63, 3.8) is 0 Å². The maximum atomic E-state index is 10.5. The SMILES string of the molecule is [2H]c1c([2H])c([2H])c(-c2c([2H])c(-c3c([2H])c([2H])c([2H])c4oc5c([2H])c([2H])c([2H])c([2H])c5c34)c([2H])c(-c3c([2H])c([2H])c([2H])c([2H])c3[2H])c2-c2c3c([2H])c([2H])c([2H])c([2H])c3c(-c3c([2H])c([2H])c([2H])c([2H])c3[2H])c3c([2H])c([2H])c([2H])c([2H])c23)c([2H])c1[2H]. The number of hydrogen-bond acceptors (Lipinski definition) is 1. The molecule has 10 aromatic rings. The van der Waals surface area contributed by atoms with Crippen molar-refractivity contribution >= 4 is 43.5 Å². The highest BCUT2D eigenvalue weighted by Gasteiger charge is 2.24. The zero-order chi connectivity index (χ0) is 61.6. The Morgan fingerprint density at radius 3 is 1.27 bits per heavy atom. The number of fused-ring (bicyclic) bond motifs is 5. The molecular formula is C50H32O. The second kappa shape index (κ2) is 12.0. The number of para-hydroxylation sites is 1. The second-order valence-electron chi connectivity index (χ2n) is 10.8. The average Bonchev–Trinajstić information content (AvgIpc) is 1.21. The lowest BCUT2D eigenvalue weighted by molar-refractivity contribution is 0.669. The minimum absolute atomic E-state index is 0.619. The van der Waals surface area contributed by atoms with Crippen LogP contribution in [0.1, 0.15) is 43.9 Å². The lowest BCUT2D eigenvalue weighted by atomic mass is 9.79. The van der Waals surface area contributed by atoms with Crippen LogP contribution in [-0.2, 0) is 0 Å². The first-order valence-corrected chi connectivity index (χ1v) is 14.9.